The molecule has 0 atom stereocenters. The number of methoxy groups -OCH3 is 2. The van der Waals surface area contributed by atoms with Gasteiger partial charge in [-0.25, -0.2) is 9.59 Å². The molecule has 0 saturated carbocycles. The Morgan fingerprint density at radius 1 is 0.812 bits per heavy atom. The molecule has 0 aromatic heterocycles. The van der Waals surface area contributed by atoms with Crippen LogP contribution in [0.5, 0.6) is 0 Å². The lowest BCUT2D eigenvalue weighted by atomic mass is 10.0. The molecular formula is C12H12O4. The first-order valence-electron chi connectivity index (χ1n) is 4.63. The Hall–Kier alpha value is -2.10. The van der Waals surface area contributed by atoms with Crippen molar-refractivity contribution in [2.24, 2.45) is 0 Å². The van der Waals surface area contributed by atoms with Gasteiger partial charge in [0.2, 0.25) is 0 Å². The fraction of sp³-hybridized carbons (Fsp3) is 0.167. The van der Waals surface area contributed by atoms with Crippen LogP contribution in [0, 0.1) is 0 Å². The summed E-state index contributed by atoms with van der Waals surface area (Å²) >= 11 is 0. The van der Waals surface area contributed by atoms with E-state index in [0.717, 1.165) is 0 Å². The largest absolute Gasteiger partial charge is 0.465 e. The summed E-state index contributed by atoms with van der Waals surface area (Å²) in [6.45, 7) is 0. The van der Waals surface area contributed by atoms with Crippen LogP contribution in [0.4, 0.5) is 0 Å². The third-order valence-electron chi connectivity index (χ3n) is 1.96. The van der Waals surface area contributed by atoms with Crippen LogP contribution >= 0.6 is 0 Å². The minimum absolute atomic E-state index is 0.176. The zero-order valence-electron chi connectivity index (χ0n) is 9.10. The summed E-state index contributed by atoms with van der Waals surface area (Å²) in [5, 5.41) is 0. The van der Waals surface area contributed by atoms with Crippen molar-refractivity contribution in [3.63, 3.8) is 0 Å². The number of rotatable bonds is 2. The third kappa shape index (κ3) is 2.70. The molecule has 1 aliphatic carbocycles. The summed E-state index contributed by atoms with van der Waals surface area (Å²) in [5.74, 6) is -1.15. The molecule has 0 N–H and O–H groups in total. The van der Waals surface area contributed by atoms with Gasteiger partial charge in [-0.05, 0) is 12.2 Å². The number of carbonyl (C=O) groups excluding carboxylic acids is 2. The second-order valence-electron chi connectivity index (χ2n) is 2.91. The molecule has 0 unspecified atom stereocenters. The fourth-order valence-electron chi connectivity index (χ4n) is 1.19. The molecule has 4 heteroatoms. The van der Waals surface area contributed by atoms with Crippen molar-refractivity contribution in [3.05, 3.63) is 47.6 Å². The van der Waals surface area contributed by atoms with Gasteiger partial charge in [0, 0.05) is 0 Å². The Kier molecular flexibility index (Phi) is 4.27. The molecule has 84 valence electrons. The highest BCUT2D eigenvalue weighted by molar-refractivity contribution is 6.07. The van der Waals surface area contributed by atoms with Crippen LogP contribution < -0.4 is 0 Å². The van der Waals surface area contributed by atoms with Gasteiger partial charge in [0.1, 0.15) is 0 Å². The summed E-state index contributed by atoms with van der Waals surface area (Å²) in [4.78, 5) is 22.9. The first-order chi connectivity index (χ1) is 7.70. The first kappa shape index (κ1) is 12.0. The quantitative estimate of drug-likeness (QED) is 0.658. The SMILES string of the molecule is COC(=O)C1=C/C=C\C=C/C=C\1C(=O)OC. The minimum Gasteiger partial charge on any atom is -0.465 e. The van der Waals surface area contributed by atoms with Crippen LogP contribution in [0.1, 0.15) is 0 Å². The predicted molar refractivity (Wildman–Crippen MR) is 58.5 cm³/mol. The Labute approximate surface area is 93.5 Å². The Morgan fingerprint density at radius 3 is 1.50 bits per heavy atom. The maximum Gasteiger partial charge on any atom is 0.338 e. The number of hydrogen-bond donors (Lipinski definition) is 0. The van der Waals surface area contributed by atoms with Gasteiger partial charge in [-0.1, -0.05) is 24.3 Å². The van der Waals surface area contributed by atoms with E-state index >= 15 is 0 Å². The van der Waals surface area contributed by atoms with E-state index in [2.05, 4.69) is 9.47 Å². The van der Waals surface area contributed by atoms with Gasteiger partial charge >= 0.3 is 11.9 Å². The molecule has 0 aliphatic heterocycles. The van der Waals surface area contributed by atoms with Crippen LogP contribution in [0.2, 0.25) is 0 Å². The van der Waals surface area contributed by atoms with Crippen LogP contribution in [0.25, 0.3) is 0 Å². The molecule has 0 aromatic carbocycles. The zero-order valence-corrected chi connectivity index (χ0v) is 9.10. The molecule has 16 heavy (non-hydrogen) atoms. The van der Waals surface area contributed by atoms with E-state index < -0.39 is 11.9 Å². The van der Waals surface area contributed by atoms with Crippen molar-refractivity contribution in [1.82, 2.24) is 0 Å². The van der Waals surface area contributed by atoms with Gasteiger partial charge in [0.05, 0.1) is 25.4 Å². The second kappa shape index (κ2) is 5.70. The van der Waals surface area contributed by atoms with E-state index in [-0.39, 0.29) is 11.1 Å². The zero-order chi connectivity index (χ0) is 12.0. The van der Waals surface area contributed by atoms with Gasteiger partial charge < -0.3 is 9.47 Å². The van der Waals surface area contributed by atoms with Crippen molar-refractivity contribution in [1.29, 1.82) is 0 Å². The molecule has 0 radical (unpaired) electrons. The molecular weight excluding hydrogens is 208 g/mol. The Balaban J connectivity index is 3.16. The maximum absolute atomic E-state index is 11.5. The van der Waals surface area contributed by atoms with Crippen LogP contribution in [-0.4, -0.2) is 26.2 Å². The minimum atomic E-state index is -0.573. The summed E-state index contributed by atoms with van der Waals surface area (Å²) in [5.41, 5.74) is 0.352. The molecule has 1 aliphatic rings. The normalized spacial score (nSPS) is 24.9. The number of carbonyl (C=O) groups is 2. The lowest BCUT2D eigenvalue weighted by Gasteiger charge is -2.08. The van der Waals surface area contributed by atoms with Gasteiger partial charge in [0.25, 0.3) is 0 Å². The molecule has 1 rings (SSSR count). The van der Waals surface area contributed by atoms with E-state index in [0.29, 0.717) is 0 Å². The van der Waals surface area contributed by atoms with Crippen molar-refractivity contribution in [2.45, 2.75) is 0 Å². The van der Waals surface area contributed by atoms with Gasteiger partial charge in [-0.15, -0.1) is 0 Å². The summed E-state index contributed by atoms with van der Waals surface area (Å²) in [6.07, 6.45) is 9.81. The number of esters is 2. The third-order valence-corrected chi connectivity index (χ3v) is 1.96. The van der Waals surface area contributed by atoms with Gasteiger partial charge in [-0.3, -0.25) is 0 Å². The average Bonchev–Trinajstić information content (AvgIpc) is 2.27. The molecule has 4 nitrogen and oxygen atoms in total. The van der Waals surface area contributed by atoms with Crippen molar-refractivity contribution < 1.29 is 19.1 Å². The summed E-state index contributed by atoms with van der Waals surface area (Å²) < 4.78 is 9.19. The second-order valence-corrected chi connectivity index (χ2v) is 2.91. The lowest BCUT2D eigenvalue weighted by molar-refractivity contribution is -0.139. The fourth-order valence-corrected chi connectivity index (χ4v) is 1.19. The highest BCUT2D eigenvalue weighted by atomic mass is 16.5. The standard InChI is InChI=1S/C12H12O4/c1-15-11(13)9-7-5-3-4-6-8-10(9)12(14)16-2/h3-8H,1-2H3/b4-3?,5-3-,6-4-,7-5?,8-6?,9-7+,10-8+,10-9?. The molecule has 0 saturated heterocycles. The van der Waals surface area contributed by atoms with E-state index in [1.165, 1.54) is 26.4 Å². The number of hydrogen-bond acceptors (Lipinski definition) is 4. The Bertz CT molecular complexity index is 371. The predicted octanol–water partition coefficient (Wildman–Crippen LogP) is 1.31. The van der Waals surface area contributed by atoms with E-state index in [1.807, 2.05) is 0 Å². The summed E-state index contributed by atoms with van der Waals surface area (Å²) in [6, 6.07) is 0. The van der Waals surface area contributed by atoms with Crippen LogP contribution in [0.15, 0.2) is 47.6 Å². The number of ether oxygens (including phenoxy) is 2. The first-order valence-corrected chi connectivity index (χ1v) is 4.63. The van der Waals surface area contributed by atoms with Crippen molar-refractivity contribution in [2.75, 3.05) is 14.2 Å². The van der Waals surface area contributed by atoms with Crippen molar-refractivity contribution in [3.8, 4) is 0 Å². The topological polar surface area (TPSA) is 52.6 Å². The molecule has 0 aromatic rings. The molecule has 0 bridgehead atoms. The highest BCUT2D eigenvalue weighted by Crippen LogP contribution is 2.15. The van der Waals surface area contributed by atoms with Gasteiger partial charge in [0.15, 0.2) is 0 Å². The lowest BCUT2D eigenvalue weighted by Crippen LogP contribution is -2.15. The van der Waals surface area contributed by atoms with Crippen molar-refractivity contribution >= 4 is 11.9 Å². The van der Waals surface area contributed by atoms with Crippen LogP contribution in [0.3, 0.4) is 0 Å². The van der Waals surface area contributed by atoms with Gasteiger partial charge in [-0.2, -0.15) is 0 Å². The molecule has 0 spiro atoms. The highest BCUT2D eigenvalue weighted by Gasteiger charge is 2.21. The number of allylic oxidation sites excluding steroid dienone is 6. The maximum atomic E-state index is 11.5. The van der Waals surface area contributed by atoms with E-state index in [9.17, 15) is 9.59 Å². The van der Waals surface area contributed by atoms with E-state index in [4.69, 9.17) is 0 Å². The smallest absolute Gasteiger partial charge is 0.338 e. The molecule has 0 fully saturated rings. The molecule has 0 amide bonds. The average molecular weight is 220 g/mol. The summed E-state index contributed by atoms with van der Waals surface area (Å²) in [7, 11) is 2.52. The van der Waals surface area contributed by atoms with Crippen LogP contribution in [-0.2, 0) is 19.1 Å². The Morgan fingerprint density at radius 2 is 1.19 bits per heavy atom. The monoisotopic (exact) mass is 220 g/mol. The van der Waals surface area contributed by atoms with E-state index in [1.54, 1.807) is 24.3 Å². The molecule has 0 heterocycles.